The van der Waals surface area contributed by atoms with E-state index in [1.807, 2.05) is 18.2 Å². The number of carbonyl (C=O) groups excluding carboxylic acids is 2. The van der Waals surface area contributed by atoms with Crippen molar-refractivity contribution in [2.45, 2.75) is 51.0 Å². The molecule has 2 amide bonds. The van der Waals surface area contributed by atoms with Gasteiger partial charge in [0.1, 0.15) is 24.4 Å². The normalized spacial score (nSPS) is 22.8. The second-order valence-electron chi connectivity index (χ2n) is 9.39. The van der Waals surface area contributed by atoms with E-state index in [4.69, 9.17) is 4.74 Å². The molecule has 1 unspecified atom stereocenters. The number of ether oxygens (including phenoxy) is 1. The van der Waals surface area contributed by atoms with Gasteiger partial charge < -0.3 is 15.2 Å². The Hall–Kier alpha value is -3.01. The number of hydrogen-bond acceptors (Lipinski definition) is 7. The summed E-state index contributed by atoms with van der Waals surface area (Å²) < 4.78 is 20.4. The quantitative estimate of drug-likeness (QED) is 0.498. The van der Waals surface area contributed by atoms with Crippen LogP contribution in [0.15, 0.2) is 36.4 Å². The number of benzene rings is 2. The van der Waals surface area contributed by atoms with E-state index in [1.54, 1.807) is 17.0 Å². The Kier molecular flexibility index (Phi) is 6.99. The molecular formula is C26H31FN4O4. The second-order valence-corrected chi connectivity index (χ2v) is 9.39. The second kappa shape index (κ2) is 10.3. The molecular weight excluding hydrogens is 451 g/mol. The number of amides is 2. The third kappa shape index (κ3) is 5.17. The maximum absolute atomic E-state index is 14.5. The topological polar surface area (TPSA) is 94.1 Å². The monoisotopic (exact) mass is 482 g/mol. The fourth-order valence-corrected chi connectivity index (χ4v) is 5.18. The third-order valence-electron chi connectivity index (χ3n) is 7.12. The van der Waals surface area contributed by atoms with Crippen LogP contribution < -0.4 is 15.4 Å². The zero-order chi connectivity index (χ0) is 24.4. The predicted molar refractivity (Wildman–Crippen MR) is 128 cm³/mol. The highest BCUT2D eigenvalue weighted by Gasteiger charge is 2.40. The first-order chi connectivity index (χ1) is 17.0. The summed E-state index contributed by atoms with van der Waals surface area (Å²) in [7, 11) is 0. The van der Waals surface area contributed by atoms with E-state index in [-0.39, 0.29) is 30.6 Å². The minimum Gasteiger partial charge on any atom is -0.492 e. The molecule has 0 saturated carbocycles. The van der Waals surface area contributed by atoms with E-state index in [2.05, 4.69) is 15.5 Å². The molecule has 0 aromatic heterocycles. The van der Waals surface area contributed by atoms with E-state index < -0.39 is 12.3 Å². The van der Waals surface area contributed by atoms with Gasteiger partial charge in [-0.1, -0.05) is 12.1 Å². The Labute approximate surface area is 204 Å². The fourth-order valence-electron chi connectivity index (χ4n) is 5.18. The van der Waals surface area contributed by atoms with Crippen LogP contribution in [-0.4, -0.2) is 59.0 Å². The van der Waals surface area contributed by atoms with Crippen molar-refractivity contribution in [1.29, 1.82) is 0 Å². The summed E-state index contributed by atoms with van der Waals surface area (Å²) in [6.45, 7) is 4.26. The van der Waals surface area contributed by atoms with Crippen molar-refractivity contribution in [2.75, 3.05) is 31.6 Å². The van der Waals surface area contributed by atoms with Gasteiger partial charge in [0.05, 0.1) is 6.04 Å². The molecule has 35 heavy (non-hydrogen) atoms. The van der Waals surface area contributed by atoms with Gasteiger partial charge in [0.2, 0.25) is 11.8 Å². The number of nitrogens with zero attached hydrogens (tertiary/aromatic N) is 2. The molecule has 2 atom stereocenters. The summed E-state index contributed by atoms with van der Waals surface area (Å²) in [5.74, 6) is -0.349. The van der Waals surface area contributed by atoms with Gasteiger partial charge in [0, 0.05) is 42.9 Å². The number of nitrogens with one attached hydrogen (secondary N) is 2. The first-order valence-electron chi connectivity index (χ1n) is 12.3. The molecule has 2 aromatic carbocycles. The number of rotatable bonds is 8. The van der Waals surface area contributed by atoms with Crippen LogP contribution >= 0.6 is 0 Å². The largest absolute Gasteiger partial charge is 0.492 e. The first-order valence-corrected chi connectivity index (χ1v) is 12.3. The van der Waals surface area contributed by atoms with Crippen LogP contribution in [-0.2, 0) is 22.7 Å². The summed E-state index contributed by atoms with van der Waals surface area (Å²) in [4.78, 5) is 27.9. The number of piperidine rings is 1. The number of likely N-dealkylation sites (tertiary alicyclic amines) is 1. The van der Waals surface area contributed by atoms with Crippen LogP contribution in [0.25, 0.3) is 0 Å². The number of halogens is 1. The smallest absolute Gasteiger partial charge is 0.244 e. The summed E-state index contributed by atoms with van der Waals surface area (Å²) >= 11 is 0. The van der Waals surface area contributed by atoms with Crippen LogP contribution in [0.2, 0.25) is 0 Å². The lowest BCUT2D eigenvalue weighted by atomic mass is 10.0. The average molecular weight is 483 g/mol. The Morgan fingerprint density at radius 3 is 2.80 bits per heavy atom. The van der Waals surface area contributed by atoms with Gasteiger partial charge in [-0.25, -0.2) is 4.39 Å². The predicted octanol–water partition coefficient (Wildman–Crippen LogP) is 2.52. The summed E-state index contributed by atoms with van der Waals surface area (Å²) in [6, 6.07) is 9.76. The van der Waals surface area contributed by atoms with Crippen LogP contribution in [0.5, 0.6) is 5.75 Å². The molecule has 0 spiro atoms. The average Bonchev–Trinajstić information content (AvgIpc) is 3.48. The standard InChI is InChI=1S/C26H31FN4O4/c27-21-7-6-18(35-13-12-30-10-1-2-11-30)14-17(21)15-28-22-5-3-4-19-20(22)16-31(26(19)34)23-8-9-24(32)29-25(23)33/h3-7,14,23,26,28,34H,1-2,8-13,15-16H2,(H,29,32,33)/t23-,26?/m0/s1. The van der Waals surface area contributed by atoms with Crippen molar-refractivity contribution in [3.63, 3.8) is 0 Å². The highest BCUT2D eigenvalue weighted by atomic mass is 19.1. The Morgan fingerprint density at radius 1 is 1.17 bits per heavy atom. The fraction of sp³-hybridized carbons (Fsp3) is 0.462. The third-order valence-corrected chi connectivity index (χ3v) is 7.12. The molecule has 186 valence electrons. The minimum atomic E-state index is -0.945. The molecule has 3 heterocycles. The van der Waals surface area contributed by atoms with Gasteiger partial charge in [-0.15, -0.1) is 0 Å². The van der Waals surface area contributed by atoms with Gasteiger partial charge in [0.15, 0.2) is 0 Å². The van der Waals surface area contributed by atoms with Crippen molar-refractivity contribution < 1.29 is 23.8 Å². The summed E-state index contributed by atoms with van der Waals surface area (Å²) in [5, 5.41) is 16.5. The zero-order valence-electron chi connectivity index (χ0n) is 19.6. The van der Waals surface area contributed by atoms with Crippen molar-refractivity contribution in [3.8, 4) is 5.75 Å². The summed E-state index contributed by atoms with van der Waals surface area (Å²) in [5.41, 5.74) is 2.83. The maximum Gasteiger partial charge on any atom is 0.244 e. The lowest BCUT2D eigenvalue weighted by Crippen LogP contribution is -2.51. The number of aliphatic hydroxyl groups excluding tert-OH is 1. The number of aliphatic hydroxyl groups is 1. The summed E-state index contributed by atoms with van der Waals surface area (Å²) in [6.07, 6.45) is 2.14. The first kappa shape index (κ1) is 23.7. The Balaban J connectivity index is 1.24. The molecule has 3 N–H and O–H groups in total. The molecule has 5 rings (SSSR count). The molecule has 2 fully saturated rings. The van der Waals surface area contributed by atoms with Gasteiger partial charge in [-0.2, -0.15) is 0 Å². The van der Waals surface area contributed by atoms with Gasteiger partial charge in [0.25, 0.3) is 0 Å². The van der Waals surface area contributed by atoms with Gasteiger partial charge >= 0.3 is 0 Å². The number of carbonyl (C=O) groups is 2. The van der Waals surface area contributed by atoms with E-state index in [1.165, 1.54) is 18.9 Å². The van der Waals surface area contributed by atoms with Crippen molar-refractivity contribution in [3.05, 3.63) is 58.9 Å². The van der Waals surface area contributed by atoms with Gasteiger partial charge in [-0.3, -0.25) is 24.7 Å². The maximum atomic E-state index is 14.5. The lowest BCUT2D eigenvalue weighted by Gasteiger charge is -2.31. The van der Waals surface area contributed by atoms with E-state index >= 15 is 0 Å². The zero-order valence-corrected chi connectivity index (χ0v) is 19.6. The van der Waals surface area contributed by atoms with Gasteiger partial charge in [-0.05, 0) is 62.2 Å². The number of fused-ring (bicyclic) bond motifs is 1. The molecule has 0 radical (unpaired) electrons. The molecule has 2 saturated heterocycles. The molecule has 0 bridgehead atoms. The van der Waals surface area contributed by atoms with E-state index in [0.717, 1.165) is 30.9 Å². The molecule has 0 aliphatic carbocycles. The molecule has 2 aromatic rings. The van der Waals surface area contributed by atoms with Crippen LogP contribution in [0, 0.1) is 5.82 Å². The van der Waals surface area contributed by atoms with Crippen molar-refractivity contribution >= 4 is 17.5 Å². The molecule has 9 heteroatoms. The van der Waals surface area contributed by atoms with E-state index in [9.17, 15) is 19.1 Å². The number of anilines is 1. The van der Waals surface area contributed by atoms with Crippen LogP contribution in [0.1, 0.15) is 48.6 Å². The minimum absolute atomic E-state index is 0.247. The van der Waals surface area contributed by atoms with Crippen molar-refractivity contribution in [2.24, 2.45) is 0 Å². The number of hydrogen-bond donors (Lipinski definition) is 3. The lowest BCUT2D eigenvalue weighted by molar-refractivity contribution is -0.141. The highest BCUT2D eigenvalue weighted by molar-refractivity contribution is 6.00. The molecule has 3 aliphatic heterocycles. The van der Waals surface area contributed by atoms with E-state index in [0.29, 0.717) is 36.4 Å². The number of imide groups is 1. The Morgan fingerprint density at radius 2 is 2.00 bits per heavy atom. The van der Waals surface area contributed by atoms with Crippen molar-refractivity contribution in [1.82, 2.24) is 15.1 Å². The Bertz CT molecular complexity index is 1100. The van der Waals surface area contributed by atoms with Crippen LogP contribution in [0.4, 0.5) is 10.1 Å². The van der Waals surface area contributed by atoms with Crippen LogP contribution in [0.3, 0.4) is 0 Å². The molecule has 8 nitrogen and oxygen atoms in total. The molecule has 3 aliphatic rings. The SMILES string of the molecule is O=C1CC[C@H](N2Cc3c(NCc4cc(OCCN5CCCC5)ccc4F)cccc3C2O)C(=O)N1. The highest BCUT2D eigenvalue weighted by Crippen LogP contribution is 2.39.